The molecular formula is C30H33F3N8O2. The molecule has 0 saturated carbocycles. The minimum absolute atomic E-state index is 0.0342. The first kappa shape index (κ1) is 29.1. The van der Waals surface area contributed by atoms with Crippen molar-refractivity contribution in [3.63, 3.8) is 0 Å². The normalized spacial score (nSPS) is 20.0. The Balaban J connectivity index is 1.37. The number of aryl methyl sites for hydroxylation is 1. The smallest absolute Gasteiger partial charge is 0.379 e. The molecule has 1 amide bonds. The minimum atomic E-state index is -4.62. The topological polar surface area (TPSA) is 112 Å². The summed E-state index contributed by atoms with van der Waals surface area (Å²) in [7, 11) is 1.85. The highest BCUT2D eigenvalue weighted by Gasteiger charge is 2.44. The van der Waals surface area contributed by atoms with Crippen molar-refractivity contribution >= 4 is 17.5 Å². The zero-order chi connectivity index (χ0) is 30.4. The molecule has 2 aromatic heterocycles. The number of alkyl halides is 3. The van der Waals surface area contributed by atoms with E-state index >= 15 is 0 Å². The molecule has 0 aliphatic carbocycles. The predicted molar refractivity (Wildman–Crippen MR) is 151 cm³/mol. The summed E-state index contributed by atoms with van der Waals surface area (Å²) < 4.78 is 50.6. The van der Waals surface area contributed by atoms with E-state index in [0.29, 0.717) is 43.5 Å². The van der Waals surface area contributed by atoms with E-state index < -0.39 is 23.1 Å². The Morgan fingerprint density at radius 2 is 2.05 bits per heavy atom. The number of ether oxygens (including phenoxy) is 1. The van der Waals surface area contributed by atoms with Gasteiger partial charge in [0.1, 0.15) is 30.3 Å². The van der Waals surface area contributed by atoms with Gasteiger partial charge in [-0.25, -0.2) is 4.98 Å². The van der Waals surface area contributed by atoms with Crippen molar-refractivity contribution < 1.29 is 22.7 Å². The van der Waals surface area contributed by atoms with Crippen molar-refractivity contribution in [1.82, 2.24) is 24.6 Å². The van der Waals surface area contributed by atoms with Crippen LogP contribution in [-0.2, 0) is 42.9 Å². The van der Waals surface area contributed by atoms with Crippen LogP contribution in [0.1, 0.15) is 58.2 Å². The Kier molecular flexibility index (Phi) is 7.60. The third-order valence-corrected chi connectivity index (χ3v) is 8.66. The molecule has 0 unspecified atom stereocenters. The van der Waals surface area contributed by atoms with Gasteiger partial charge >= 0.3 is 6.18 Å². The predicted octanol–water partition coefficient (Wildman–Crippen LogP) is 4.07. The van der Waals surface area contributed by atoms with Crippen LogP contribution in [0.25, 0.3) is 0 Å². The molecule has 3 aliphatic rings. The van der Waals surface area contributed by atoms with Crippen molar-refractivity contribution in [2.45, 2.75) is 50.9 Å². The van der Waals surface area contributed by atoms with Crippen LogP contribution in [0.5, 0.6) is 0 Å². The van der Waals surface area contributed by atoms with Crippen LogP contribution in [0.4, 0.5) is 24.8 Å². The molecule has 43 heavy (non-hydrogen) atoms. The van der Waals surface area contributed by atoms with E-state index in [1.54, 1.807) is 24.5 Å². The number of aromatic nitrogens is 4. The Bertz CT molecular complexity index is 1580. The molecule has 0 spiro atoms. The molecule has 1 aromatic carbocycles. The standard InChI is InChI=1S/C30H33F3N8O2/c1-19-4-3-7-40(13-19)14-20-8-22-23(24(9-20)30(31,32)33)15-41(28(22)42)26-11-21(10-25(37-26)35-6-5-34)29(16-43-17-29)12-27-38-36-18-39(27)2/h8-11,18-19H,3-4,6-7,12-17H2,1-2H3,(H,35,37)/t19-/m0/s1. The lowest BCUT2D eigenvalue weighted by Gasteiger charge is -2.42. The van der Waals surface area contributed by atoms with E-state index in [1.807, 2.05) is 17.7 Å². The zero-order valence-electron chi connectivity index (χ0n) is 24.1. The van der Waals surface area contributed by atoms with E-state index in [9.17, 15) is 18.0 Å². The van der Waals surface area contributed by atoms with Crippen molar-refractivity contribution in [2.24, 2.45) is 13.0 Å². The third kappa shape index (κ3) is 5.69. The van der Waals surface area contributed by atoms with Crippen LogP contribution in [0.15, 0.2) is 30.6 Å². The zero-order valence-corrected chi connectivity index (χ0v) is 24.1. The van der Waals surface area contributed by atoms with Gasteiger partial charge in [0.25, 0.3) is 5.91 Å². The number of carbonyl (C=O) groups excluding carboxylic acids is 1. The lowest BCUT2D eigenvalue weighted by molar-refractivity contribution is -0.138. The number of likely N-dealkylation sites (tertiary alicyclic amines) is 1. The van der Waals surface area contributed by atoms with Crippen LogP contribution < -0.4 is 10.2 Å². The summed E-state index contributed by atoms with van der Waals surface area (Å²) in [5.74, 6) is 1.24. The first-order valence-electron chi connectivity index (χ1n) is 14.4. The summed E-state index contributed by atoms with van der Waals surface area (Å²) in [4.78, 5) is 21.8. The fourth-order valence-corrected chi connectivity index (χ4v) is 6.36. The third-order valence-electron chi connectivity index (χ3n) is 8.66. The number of carbonyl (C=O) groups is 1. The number of rotatable bonds is 8. The summed E-state index contributed by atoms with van der Waals surface area (Å²) in [6.07, 6.45) is -0.415. The van der Waals surface area contributed by atoms with E-state index in [1.165, 1.54) is 11.0 Å². The number of hydrogen-bond donors (Lipinski definition) is 1. The van der Waals surface area contributed by atoms with E-state index in [-0.39, 0.29) is 30.0 Å². The number of amides is 1. The molecule has 2 fully saturated rings. The summed E-state index contributed by atoms with van der Waals surface area (Å²) in [5.41, 5.74) is -0.0321. The molecule has 6 rings (SSSR count). The molecule has 2 saturated heterocycles. The lowest BCUT2D eigenvalue weighted by atomic mass is 9.75. The van der Waals surface area contributed by atoms with Gasteiger partial charge in [0.2, 0.25) is 0 Å². The average Bonchev–Trinajstić information content (AvgIpc) is 3.50. The second kappa shape index (κ2) is 11.2. The first-order chi connectivity index (χ1) is 20.6. The van der Waals surface area contributed by atoms with Gasteiger partial charge in [-0.2, -0.15) is 18.4 Å². The number of anilines is 2. The summed E-state index contributed by atoms with van der Waals surface area (Å²) in [5, 5.41) is 20.3. The summed E-state index contributed by atoms with van der Waals surface area (Å²) in [6.45, 7) is 4.60. The number of nitrogens with zero attached hydrogens (tertiary/aromatic N) is 7. The van der Waals surface area contributed by atoms with Crippen LogP contribution in [0, 0.1) is 17.2 Å². The quantitative estimate of drug-likeness (QED) is 0.389. The Hall–Kier alpha value is -4.02. The fraction of sp³-hybridized carbons (Fsp3) is 0.500. The van der Waals surface area contributed by atoms with Crippen LogP contribution >= 0.6 is 0 Å². The summed E-state index contributed by atoms with van der Waals surface area (Å²) >= 11 is 0. The van der Waals surface area contributed by atoms with Gasteiger partial charge in [0, 0.05) is 37.5 Å². The van der Waals surface area contributed by atoms with Gasteiger partial charge in [-0.15, -0.1) is 10.2 Å². The van der Waals surface area contributed by atoms with Crippen molar-refractivity contribution in [3.05, 3.63) is 64.2 Å². The van der Waals surface area contributed by atoms with Gasteiger partial charge in [0.15, 0.2) is 0 Å². The molecule has 3 aromatic rings. The largest absolute Gasteiger partial charge is 0.416 e. The number of fused-ring (bicyclic) bond motifs is 1. The summed E-state index contributed by atoms with van der Waals surface area (Å²) in [6, 6.07) is 8.36. The number of hydrogen-bond acceptors (Lipinski definition) is 8. The molecular weight excluding hydrogens is 561 g/mol. The van der Waals surface area contributed by atoms with Crippen molar-refractivity contribution in [3.8, 4) is 6.07 Å². The maximum atomic E-state index is 14.4. The van der Waals surface area contributed by atoms with Crippen molar-refractivity contribution in [2.75, 3.05) is 43.1 Å². The van der Waals surface area contributed by atoms with Crippen LogP contribution in [0.2, 0.25) is 0 Å². The number of nitrogens with one attached hydrogen (secondary N) is 1. The Morgan fingerprint density at radius 1 is 1.23 bits per heavy atom. The first-order valence-corrected chi connectivity index (χ1v) is 14.4. The minimum Gasteiger partial charge on any atom is -0.379 e. The van der Waals surface area contributed by atoms with Crippen LogP contribution in [0.3, 0.4) is 0 Å². The number of pyridine rings is 1. The molecule has 5 heterocycles. The van der Waals surface area contributed by atoms with E-state index in [0.717, 1.165) is 37.3 Å². The van der Waals surface area contributed by atoms with E-state index in [4.69, 9.17) is 10.00 Å². The molecule has 13 heteroatoms. The molecule has 10 nitrogen and oxygen atoms in total. The number of nitriles is 1. The monoisotopic (exact) mass is 594 g/mol. The highest BCUT2D eigenvalue weighted by Crippen LogP contribution is 2.42. The van der Waals surface area contributed by atoms with Gasteiger partial charge in [-0.1, -0.05) is 6.92 Å². The van der Waals surface area contributed by atoms with Gasteiger partial charge < -0.3 is 14.6 Å². The SMILES string of the molecule is C[C@H]1CCCN(Cc2cc3c(c(C(F)(F)F)c2)CN(c2cc(C4(Cc5nncn5C)COC4)cc(NCC#N)n2)C3=O)C1. The average molecular weight is 595 g/mol. The highest BCUT2D eigenvalue weighted by atomic mass is 19.4. The molecule has 1 atom stereocenters. The van der Waals surface area contributed by atoms with Crippen molar-refractivity contribution in [1.29, 1.82) is 5.26 Å². The Labute approximate surface area is 247 Å². The van der Waals surface area contributed by atoms with Gasteiger partial charge in [-0.05, 0) is 66.3 Å². The Morgan fingerprint density at radius 3 is 2.70 bits per heavy atom. The number of halogens is 3. The lowest BCUT2D eigenvalue weighted by Crippen LogP contribution is -2.49. The maximum absolute atomic E-state index is 14.4. The second-order valence-corrected chi connectivity index (χ2v) is 12.0. The second-order valence-electron chi connectivity index (χ2n) is 12.0. The molecule has 0 bridgehead atoms. The molecule has 1 N–H and O–H groups in total. The molecule has 226 valence electrons. The highest BCUT2D eigenvalue weighted by molar-refractivity contribution is 6.10. The number of piperidine rings is 1. The van der Waals surface area contributed by atoms with Crippen LogP contribution in [-0.4, -0.2) is 63.4 Å². The molecule has 0 radical (unpaired) electrons. The van der Waals surface area contributed by atoms with E-state index in [2.05, 4.69) is 32.3 Å². The molecule has 3 aliphatic heterocycles. The van der Waals surface area contributed by atoms with Gasteiger partial charge in [0.05, 0.1) is 31.4 Å². The van der Waals surface area contributed by atoms with Gasteiger partial charge in [-0.3, -0.25) is 14.6 Å². The maximum Gasteiger partial charge on any atom is 0.416 e. The number of benzene rings is 1. The fourth-order valence-electron chi connectivity index (χ4n) is 6.36.